The fourth-order valence-corrected chi connectivity index (χ4v) is 3.36. The highest BCUT2D eigenvalue weighted by Crippen LogP contribution is 2.24. The molecule has 1 saturated heterocycles. The molecule has 0 saturated carbocycles. The monoisotopic (exact) mass is 284 g/mol. The molecule has 6 nitrogen and oxygen atoms in total. The van der Waals surface area contributed by atoms with Gasteiger partial charge in [-0.3, -0.25) is 9.36 Å². The number of carbonyl (C=O) groups is 1. The quantitative estimate of drug-likeness (QED) is 0.840. The normalized spacial score (nSPS) is 23.6. The zero-order valence-corrected chi connectivity index (χ0v) is 12.4. The van der Waals surface area contributed by atoms with Gasteiger partial charge in [0.25, 0.3) is 0 Å². The highest BCUT2D eigenvalue weighted by Gasteiger charge is 2.28. The number of hydrogen-bond acceptors (Lipinski definition) is 4. The predicted molar refractivity (Wildman–Crippen MR) is 74.2 cm³/mol. The largest absolute Gasteiger partial charge is 0.343 e. The SMILES string of the molecule is CC1CCCC(C)N1C(=O)CSc1n[nH]c(=O)n1C. The Morgan fingerprint density at radius 3 is 2.58 bits per heavy atom. The van der Waals surface area contributed by atoms with Crippen LogP contribution in [0.3, 0.4) is 0 Å². The average molecular weight is 284 g/mol. The maximum atomic E-state index is 12.3. The molecule has 2 rings (SSSR count). The maximum absolute atomic E-state index is 12.3. The van der Waals surface area contributed by atoms with Crippen molar-refractivity contribution in [3.8, 4) is 0 Å². The summed E-state index contributed by atoms with van der Waals surface area (Å²) in [7, 11) is 1.64. The van der Waals surface area contributed by atoms with Crippen molar-refractivity contribution in [1.29, 1.82) is 0 Å². The van der Waals surface area contributed by atoms with Crippen LogP contribution in [0.25, 0.3) is 0 Å². The van der Waals surface area contributed by atoms with Crippen LogP contribution in [0.2, 0.25) is 0 Å². The van der Waals surface area contributed by atoms with Gasteiger partial charge in [0.1, 0.15) is 0 Å². The van der Waals surface area contributed by atoms with Crippen molar-refractivity contribution in [2.75, 3.05) is 5.75 Å². The zero-order valence-electron chi connectivity index (χ0n) is 11.5. The van der Waals surface area contributed by atoms with Crippen LogP contribution >= 0.6 is 11.8 Å². The molecule has 1 amide bonds. The summed E-state index contributed by atoms with van der Waals surface area (Å²) in [6, 6.07) is 0.611. The summed E-state index contributed by atoms with van der Waals surface area (Å²) in [5.41, 5.74) is -0.255. The molecule has 1 aromatic rings. The molecule has 1 fully saturated rings. The topological polar surface area (TPSA) is 71.0 Å². The minimum Gasteiger partial charge on any atom is -0.337 e. The second-order valence-electron chi connectivity index (χ2n) is 5.09. The number of nitrogens with one attached hydrogen (secondary N) is 1. The number of likely N-dealkylation sites (tertiary alicyclic amines) is 1. The standard InChI is InChI=1S/C12H20N4O2S/c1-8-5-4-6-9(2)16(8)10(17)7-19-12-14-13-11(18)15(12)3/h8-9H,4-7H2,1-3H3,(H,13,18). The first-order chi connectivity index (χ1) is 9.00. The lowest BCUT2D eigenvalue weighted by Crippen LogP contribution is -2.48. The molecule has 1 aliphatic rings. The van der Waals surface area contributed by atoms with Crippen LogP contribution in [0.5, 0.6) is 0 Å². The molecule has 0 aliphatic carbocycles. The zero-order chi connectivity index (χ0) is 14.0. The molecule has 2 atom stereocenters. The van der Waals surface area contributed by atoms with E-state index in [1.807, 2.05) is 4.90 Å². The number of piperidine rings is 1. The number of H-pyrrole nitrogens is 1. The molecule has 0 bridgehead atoms. The Kier molecular flexibility index (Phi) is 4.34. The number of hydrogen-bond donors (Lipinski definition) is 1. The Balaban J connectivity index is 1.97. The van der Waals surface area contributed by atoms with Gasteiger partial charge in [-0.25, -0.2) is 9.89 Å². The molecule has 0 aromatic carbocycles. The third kappa shape index (κ3) is 3.02. The third-order valence-electron chi connectivity index (χ3n) is 3.65. The number of aromatic amines is 1. The van der Waals surface area contributed by atoms with Crippen molar-refractivity contribution >= 4 is 17.7 Å². The fourth-order valence-electron chi connectivity index (χ4n) is 2.58. The van der Waals surface area contributed by atoms with E-state index < -0.39 is 0 Å². The molecule has 106 valence electrons. The summed E-state index contributed by atoms with van der Waals surface area (Å²) in [5.74, 6) is 0.451. The van der Waals surface area contributed by atoms with Gasteiger partial charge in [0, 0.05) is 19.1 Å². The van der Waals surface area contributed by atoms with Crippen molar-refractivity contribution in [3.63, 3.8) is 0 Å². The van der Waals surface area contributed by atoms with Gasteiger partial charge in [0.2, 0.25) is 5.91 Å². The van der Waals surface area contributed by atoms with E-state index in [0.29, 0.717) is 23.0 Å². The van der Waals surface area contributed by atoms with E-state index in [2.05, 4.69) is 24.0 Å². The van der Waals surface area contributed by atoms with Gasteiger partial charge in [-0.1, -0.05) is 11.8 Å². The van der Waals surface area contributed by atoms with E-state index in [9.17, 15) is 9.59 Å². The molecule has 2 unspecified atom stereocenters. The second-order valence-corrected chi connectivity index (χ2v) is 6.03. The van der Waals surface area contributed by atoms with Crippen molar-refractivity contribution in [2.45, 2.75) is 50.4 Å². The minimum absolute atomic E-state index is 0.125. The van der Waals surface area contributed by atoms with Crippen molar-refractivity contribution in [2.24, 2.45) is 7.05 Å². The van der Waals surface area contributed by atoms with Gasteiger partial charge >= 0.3 is 5.69 Å². The number of rotatable bonds is 3. The predicted octanol–water partition coefficient (Wildman–Crippen LogP) is 0.990. The van der Waals surface area contributed by atoms with Gasteiger partial charge in [0.05, 0.1) is 5.75 Å². The Hall–Kier alpha value is -1.24. The van der Waals surface area contributed by atoms with Crippen LogP contribution in [0.4, 0.5) is 0 Å². The first-order valence-corrected chi connectivity index (χ1v) is 7.54. The van der Waals surface area contributed by atoms with Crippen LogP contribution < -0.4 is 5.69 Å². The van der Waals surface area contributed by atoms with Gasteiger partial charge < -0.3 is 4.90 Å². The number of thioether (sulfide) groups is 1. The van der Waals surface area contributed by atoms with Gasteiger partial charge in [-0.15, -0.1) is 5.10 Å². The van der Waals surface area contributed by atoms with Crippen molar-refractivity contribution in [3.05, 3.63) is 10.5 Å². The molecule has 1 aromatic heterocycles. The summed E-state index contributed by atoms with van der Waals surface area (Å²) in [5, 5.41) is 6.81. The van der Waals surface area contributed by atoms with Crippen LogP contribution in [0, 0.1) is 0 Å². The number of aromatic nitrogens is 3. The highest BCUT2D eigenvalue weighted by atomic mass is 32.2. The minimum atomic E-state index is -0.255. The van der Waals surface area contributed by atoms with Crippen LogP contribution in [-0.4, -0.2) is 43.4 Å². The summed E-state index contributed by atoms with van der Waals surface area (Å²) in [4.78, 5) is 25.5. The Bertz CT molecular complexity index is 500. The van der Waals surface area contributed by atoms with Crippen LogP contribution in [0.1, 0.15) is 33.1 Å². The maximum Gasteiger partial charge on any atom is 0.343 e. The molecule has 0 spiro atoms. The Morgan fingerprint density at radius 1 is 1.42 bits per heavy atom. The first-order valence-electron chi connectivity index (χ1n) is 6.56. The lowest BCUT2D eigenvalue weighted by molar-refractivity contribution is -0.134. The summed E-state index contributed by atoms with van der Waals surface area (Å²) in [6.45, 7) is 4.20. The molecule has 19 heavy (non-hydrogen) atoms. The summed E-state index contributed by atoms with van der Waals surface area (Å²) in [6.07, 6.45) is 3.33. The van der Waals surface area contributed by atoms with E-state index in [-0.39, 0.29) is 11.6 Å². The average Bonchev–Trinajstić information content (AvgIpc) is 2.67. The summed E-state index contributed by atoms with van der Waals surface area (Å²) >= 11 is 1.30. The molecule has 1 N–H and O–H groups in total. The third-order valence-corrected chi connectivity index (χ3v) is 4.66. The van der Waals surface area contributed by atoms with E-state index in [1.54, 1.807) is 7.05 Å². The van der Waals surface area contributed by atoms with E-state index in [0.717, 1.165) is 12.8 Å². The van der Waals surface area contributed by atoms with Gasteiger partial charge in [0.15, 0.2) is 5.16 Å². The Labute approximate surface area is 116 Å². The molecule has 2 heterocycles. The summed E-state index contributed by atoms with van der Waals surface area (Å²) < 4.78 is 1.42. The van der Waals surface area contributed by atoms with E-state index >= 15 is 0 Å². The lowest BCUT2D eigenvalue weighted by Gasteiger charge is -2.39. The van der Waals surface area contributed by atoms with Gasteiger partial charge in [-0.05, 0) is 33.1 Å². The molecular formula is C12H20N4O2S. The van der Waals surface area contributed by atoms with Crippen molar-refractivity contribution in [1.82, 2.24) is 19.7 Å². The molecule has 7 heteroatoms. The smallest absolute Gasteiger partial charge is 0.337 e. The number of nitrogens with zero attached hydrogens (tertiary/aromatic N) is 3. The first kappa shape index (κ1) is 14.2. The van der Waals surface area contributed by atoms with Crippen LogP contribution in [-0.2, 0) is 11.8 Å². The van der Waals surface area contributed by atoms with Gasteiger partial charge in [-0.2, -0.15) is 0 Å². The molecule has 0 radical (unpaired) electrons. The number of carbonyl (C=O) groups excluding carboxylic acids is 1. The van der Waals surface area contributed by atoms with Crippen molar-refractivity contribution < 1.29 is 4.79 Å². The molecular weight excluding hydrogens is 264 g/mol. The highest BCUT2D eigenvalue weighted by molar-refractivity contribution is 7.99. The van der Waals surface area contributed by atoms with E-state index in [1.165, 1.54) is 22.7 Å². The fraction of sp³-hybridized carbons (Fsp3) is 0.750. The Morgan fingerprint density at radius 2 is 2.05 bits per heavy atom. The van der Waals surface area contributed by atoms with E-state index in [4.69, 9.17) is 0 Å². The van der Waals surface area contributed by atoms with Crippen LogP contribution in [0.15, 0.2) is 9.95 Å². The molecule has 1 aliphatic heterocycles. The second kappa shape index (κ2) is 5.81. The lowest BCUT2D eigenvalue weighted by atomic mass is 9.98. The number of amides is 1.